The summed E-state index contributed by atoms with van der Waals surface area (Å²) in [6.07, 6.45) is 5.50. The summed E-state index contributed by atoms with van der Waals surface area (Å²) < 4.78 is 5.83. The molecule has 0 aliphatic rings. The Morgan fingerprint density at radius 2 is 1.87 bits per heavy atom. The summed E-state index contributed by atoms with van der Waals surface area (Å²) in [5, 5.41) is 3.86. The number of pyridine rings is 3. The second-order valence-electron chi connectivity index (χ2n) is 7.18. The molecule has 0 saturated carbocycles. The number of ether oxygens (including phenoxy) is 1. The van der Waals surface area contributed by atoms with Crippen LogP contribution in [0, 0.1) is 0 Å². The van der Waals surface area contributed by atoms with Crippen LogP contribution in [0.4, 0.5) is 0 Å². The Hall–Kier alpha value is -3.51. The molecular weight excluding hydrogens is 412 g/mol. The van der Waals surface area contributed by atoms with Crippen molar-refractivity contribution < 1.29 is 26.9 Å². The van der Waals surface area contributed by atoms with E-state index in [1.54, 1.807) is 12.3 Å². The molecular formula is C24H23ClN4O2. The zero-order chi connectivity index (χ0) is 20.9. The Kier molecular flexibility index (Phi) is 7.15. The van der Waals surface area contributed by atoms with Gasteiger partial charge in [0, 0.05) is 18.3 Å². The SMILES string of the molecule is CC(C)Oc1ccccc1CNC(=O)c1ccc2c[nH+]cc(-c3ccccn3)c2n1.[Cl-]. The van der Waals surface area contributed by atoms with Crippen LogP contribution >= 0.6 is 0 Å². The van der Waals surface area contributed by atoms with Crippen LogP contribution in [0.15, 0.2) is 73.2 Å². The van der Waals surface area contributed by atoms with Gasteiger partial charge in [-0.25, -0.2) is 9.97 Å². The molecule has 0 bridgehead atoms. The maximum atomic E-state index is 12.8. The van der Waals surface area contributed by atoms with E-state index < -0.39 is 0 Å². The molecule has 1 aromatic carbocycles. The number of H-pyrrole nitrogens is 1. The van der Waals surface area contributed by atoms with Crippen molar-refractivity contribution in [2.75, 3.05) is 0 Å². The summed E-state index contributed by atoms with van der Waals surface area (Å²) >= 11 is 0. The molecule has 0 unspecified atom stereocenters. The van der Waals surface area contributed by atoms with E-state index in [0.717, 1.165) is 33.5 Å². The average molecular weight is 435 g/mol. The summed E-state index contributed by atoms with van der Waals surface area (Å²) in [7, 11) is 0. The summed E-state index contributed by atoms with van der Waals surface area (Å²) in [5.74, 6) is 0.531. The van der Waals surface area contributed by atoms with Crippen molar-refractivity contribution in [2.45, 2.75) is 26.5 Å². The van der Waals surface area contributed by atoms with Gasteiger partial charge in [0.2, 0.25) is 0 Å². The summed E-state index contributed by atoms with van der Waals surface area (Å²) in [4.78, 5) is 25.0. The van der Waals surface area contributed by atoms with E-state index >= 15 is 0 Å². The Bertz CT molecular complexity index is 1180. The summed E-state index contributed by atoms with van der Waals surface area (Å²) in [6.45, 7) is 4.31. The van der Waals surface area contributed by atoms with Gasteiger partial charge >= 0.3 is 0 Å². The summed E-state index contributed by atoms with van der Waals surface area (Å²) in [6, 6.07) is 17.0. The van der Waals surface area contributed by atoms with Crippen LogP contribution in [0.3, 0.4) is 0 Å². The fourth-order valence-electron chi connectivity index (χ4n) is 3.21. The van der Waals surface area contributed by atoms with Crippen molar-refractivity contribution in [3.8, 4) is 17.0 Å². The first-order valence-electron chi connectivity index (χ1n) is 9.87. The normalized spacial score (nSPS) is 10.5. The monoisotopic (exact) mass is 434 g/mol. The van der Waals surface area contributed by atoms with Gasteiger partial charge in [-0.05, 0) is 44.2 Å². The van der Waals surface area contributed by atoms with E-state index in [-0.39, 0.29) is 24.4 Å². The molecule has 0 fully saturated rings. The molecule has 3 heterocycles. The Labute approximate surface area is 187 Å². The Morgan fingerprint density at radius 1 is 1.06 bits per heavy atom. The van der Waals surface area contributed by atoms with Crippen molar-refractivity contribution in [3.63, 3.8) is 0 Å². The highest BCUT2D eigenvalue weighted by atomic mass is 35.5. The third kappa shape index (κ3) is 5.16. The predicted octanol–water partition coefficient (Wildman–Crippen LogP) is 0.832. The number of aromatic nitrogens is 3. The van der Waals surface area contributed by atoms with Gasteiger partial charge in [0.1, 0.15) is 11.4 Å². The van der Waals surface area contributed by atoms with E-state index in [0.29, 0.717) is 12.2 Å². The van der Waals surface area contributed by atoms with Gasteiger partial charge in [0.05, 0.1) is 28.3 Å². The number of nitrogens with zero attached hydrogens (tertiary/aromatic N) is 2. The van der Waals surface area contributed by atoms with Crippen LogP contribution in [0.2, 0.25) is 0 Å². The first-order valence-corrected chi connectivity index (χ1v) is 9.87. The van der Waals surface area contributed by atoms with Crippen LogP contribution in [0.1, 0.15) is 29.9 Å². The zero-order valence-electron chi connectivity index (χ0n) is 17.3. The number of halogens is 1. The number of carbonyl (C=O) groups excluding carboxylic acids is 1. The number of benzene rings is 1. The second kappa shape index (κ2) is 10.00. The Morgan fingerprint density at radius 3 is 2.65 bits per heavy atom. The minimum absolute atomic E-state index is 0. The number of hydrogen-bond acceptors (Lipinski definition) is 4. The maximum absolute atomic E-state index is 12.8. The molecule has 2 N–H and O–H groups in total. The first-order chi connectivity index (χ1) is 14.6. The minimum Gasteiger partial charge on any atom is -1.00 e. The maximum Gasteiger partial charge on any atom is 0.270 e. The highest BCUT2D eigenvalue weighted by Crippen LogP contribution is 2.24. The lowest BCUT2D eigenvalue weighted by Crippen LogP contribution is -3.00. The molecule has 0 atom stereocenters. The van der Waals surface area contributed by atoms with Gasteiger partial charge in [-0.15, -0.1) is 0 Å². The molecule has 0 aliphatic heterocycles. The zero-order valence-corrected chi connectivity index (χ0v) is 18.1. The molecule has 1 amide bonds. The van der Waals surface area contributed by atoms with Crippen LogP contribution in [-0.2, 0) is 6.54 Å². The van der Waals surface area contributed by atoms with Crippen LogP contribution in [0.25, 0.3) is 22.2 Å². The van der Waals surface area contributed by atoms with Crippen molar-refractivity contribution in [1.29, 1.82) is 0 Å². The highest BCUT2D eigenvalue weighted by Gasteiger charge is 2.15. The van der Waals surface area contributed by atoms with Gasteiger partial charge in [-0.3, -0.25) is 9.78 Å². The molecule has 4 aromatic rings. The minimum atomic E-state index is -0.240. The van der Waals surface area contributed by atoms with Crippen LogP contribution < -0.4 is 27.4 Å². The van der Waals surface area contributed by atoms with Gasteiger partial charge in [0.25, 0.3) is 5.91 Å². The quantitative estimate of drug-likeness (QED) is 0.487. The van der Waals surface area contributed by atoms with Crippen molar-refractivity contribution in [2.24, 2.45) is 0 Å². The molecule has 0 saturated heterocycles. The second-order valence-corrected chi connectivity index (χ2v) is 7.18. The number of fused-ring (bicyclic) bond motifs is 1. The number of carbonyl (C=O) groups is 1. The van der Waals surface area contributed by atoms with Gasteiger partial charge in [0.15, 0.2) is 12.4 Å². The van der Waals surface area contributed by atoms with Gasteiger partial charge < -0.3 is 22.5 Å². The average Bonchev–Trinajstić information content (AvgIpc) is 2.77. The molecule has 6 nitrogen and oxygen atoms in total. The van der Waals surface area contributed by atoms with Crippen molar-refractivity contribution in [3.05, 3.63) is 84.4 Å². The molecule has 7 heteroatoms. The standard InChI is InChI=1S/C24H22N4O2.ClH/c1-16(2)30-22-9-4-3-7-17(22)14-27-24(29)21-11-10-18-13-25-15-19(23(18)28-21)20-8-5-6-12-26-20;/h3-13,15-16H,14H2,1-2H3,(H,27,29);1H. The molecule has 3 aromatic heterocycles. The van der Waals surface area contributed by atoms with Gasteiger partial charge in [-0.2, -0.15) is 0 Å². The van der Waals surface area contributed by atoms with Crippen LogP contribution in [0.5, 0.6) is 5.75 Å². The van der Waals surface area contributed by atoms with E-state index in [1.165, 1.54) is 0 Å². The topological polar surface area (TPSA) is 78.2 Å². The highest BCUT2D eigenvalue weighted by molar-refractivity contribution is 5.97. The molecule has 4 rings (SSSR count). The smallest absolute Gasteiger partial charge is 0.270 e. The lowest BCUT2D eigenvalue weighted by molar-refractivity contribution is -0.375. The third-order valence-electron chi connectivity index (χ3n) is 4.60. The van der Waals surface area contributed by atoms with E-state index in [4.69, 9.17) is 4.74 Å². The fourth-order valence-corrected chi connectivity index (χ4v) is 3.21. The molecule has 0 spiro atoms. The van der Waals surface area contributed by atoms with E-state index in [1.807, 2.05) is 74.8 Å². The fraction of sp³-hybridized carbons (Fsp3) is 0.167. The molecule has 31 heavy (non-hydrogen) atoms. The van der Waals surface area contributed by atoms with Crippen LogP contribution in [-0.4, -0.2) is 22.0 Å². The predicted molar refractivity (Wildman–Crippen MR) is 115 cm³/mol. The largest absolute Gasteiger partial charge is 1.00 e. The number of para-hydroxylation sites is 1. The van der Waals surface area contributed by atoms with E-state index in [9.17, 15) is 4.79 Å². The van der Waals surface area contributed by atoms with Gasteiger partial charge in [-0.1, -0.05) is 24.3 Å². The molecule has 0 radical (unpaired) electrons. The molecule has 0 aliphatic carbocycles. The lowest BCUT2D eigenvalue weighted by Gasteiger charge is -2.14. The number of amides is 1. The number of hydrogen-bond donors (Lipinski definition) is 1. The summed E-state index contributed by atoms with van der Waals surface area (Å²) in [5.41, 5.74) is 3.64. The van der Waals surface area contributed by atoms with Crippen molar-refractivity contribution >= 4 is 16.8 Å². The Balaban J connectivity index is 0.00000272. The van der Waals surface area contributed by atoms with E-state index in [2.05, 4.69) is 20.3 Å². The number of rotatable bonds is 6. The number of nitrogens with one attached hydrogen (secondary N) is 2. The number of aromatic amines is 1. The lowest BCUT2D eigenvalue weighted by atomic mass is 10.1. The first kappa shape index (κ1) is 22.2. The van der Waals surface area contributed by atoms with Crippen molar-refractivity contribution in [1.82, 2.24) is 15.3 Å². The molecule has 158 valence electrons. The third-order valence-corrected chi connectivity index (χ3v) is 4.60.